The molecular formula is C16H26N2O5. The van der Waals surface area contributed by atoms with Gasteiger partial charge in [-0.05, 0) is 25.2 Å². The minimum atomic E-state index is -0.836. The number of aryl methyl sites for hydroxylation is 1. The molecule has 2 atom stereocenters. The van der Waals surface area contributed by atoms with Crippen LogP contribution >= 0.6 is 0 Å². The molecule has 0 aromatic carbocycles. The number of nitrogens with zero attached hydrogens (tertiary/aromatic N) is 2. The zero-order chi connectivity index (χ0) is 16.4. The van der Waals surface area contributed by atoms with E-state index >= 15 is 0 Å². The van der Waals surface area contributed by atoms with Crippen LogP contribution in [0.2, 0.25) is 0 Å². The molecule has 0 amide bonds. The maximum Gasteiger partial charge on any atom is 0.237 e. The highest BCUT2D eigenvalue weighted by Crippen LogP contribution is 2.45. The third-order valence-electron chi connectivity index (χ3n) is 4.73. The quantitative estimate of drug-likeness (QED) is 0.772. The largest absolute Gasteiger partial charge is 0.360 e. The lowest BCUT2D eigenvalue weighted by Crippen LogP contribution is -2.52. The van der Waals surface area contributed by atoms with Crippen molar-refractivity contribution in [3.63, 3.8) is 0 Å². The van der Waals surface area contributed by atoms with E-state index in [1.807, 2.05) is 13.0 Å². The third-order valence-corrected chi connectivity index (χ3v) is 4.73. The lowest BCUT2D eigenvalue weighted by atomic mass is 9.73. The van der Waals surface area contributed by atoms with Gasteiger partial charge in [0, 0.05) is 18.4 Å². The summed E-state index contributed by atoms with van der Waals surface area (Å²) in [5.74, 6) is 1.68. The summed E-state index contributed by atoms with van der Waals surface area (Å²) in [5.41, 5.74) is 0. The van der Waals surface area contributed by atoms with Crippen LogP contribution in [0.5, 0.6) is 0 Å². The highest BCUT2D eigenvalue weighted by molar-refractivity contribution is 5.36. The van der Waals surface area contributed by atoms with Gasteiger partial charge in [-0.1, -0.05) is 32.3 Å². The monoisotopic (exact) mass is 326 g/mol. The van der Waals surface area contributed by atoms with Crippen LogP contribution in [0, 0.1) is 24.7 Å². The molecule has 0 bridgehead atoms. The molecule has 0 unspecified atom stereocenters. The summed E-state index contributed by atoms with van der Waals surface area (Å²) < 4.78 is 5.08. The van der Waals surface area contributed by atoms with Gasteiger partial charge in [0.25, 0.3) is 0 Å². The van der Waals surface area contributed by atoms with Crippen molar-refractivity contribution >= 4 is 5.82 Å². The van der Waals surface area contributed by atoms with Crippen LogP contribution in [-0.4, -0.2) is 24.4 Å². The zero-order valence-electron chi connectivity index (χ0n) is 14.3. The summed E-state index contributed by atoms with van der Waals surface area (Å²) in [6.45, 7) is 8.80. The lowest BCUT2D eigenvalue weighted by molar-refractivity contribution is -0.542. The Morgan fingerprint density at radius 2 is 1.91 bits per heavy atom. The molecule has 23 heavy (non-hydrogen) atoms. The van der Waals surface area contributed by atoms with Gasteiger partial charge in [-0.15, -0.1) is 0 Å². The second-order valence-electron chi connectivity index (χ2n) is 7.05. The molecule has 1 aromatic heterocycles. The van der Waals surface area contributed by atoms with E-state index in [1.54, 1.807) is 4.90 Å². The molecule has 0 radical (unpaired) electrons. The van der Waals surface area contributed by atoms with Gasteiger partial charge in [-0.25, -0.2) is 9.78 Å². The van der Waals surface area contributed by atoms with Crippen molar-refractivity contribution in [2.45, 2.75) is 52.7 Å². The maximum absolute atomic E-state index is 5.77. The van der Waals surface area contributed by atoms with E-state index in [4.69, 9.17) is 24.1 Å². The van der Waals surface area contributed by atoms with Gasteiger partial charge >= 0.3 is 0 Å². The fourth-order valence-corrected chi connectivity index (χ4v) is 3.52. The molecule has 2 aliphatic rings. The van der Waals surface area contributed by atoms with Crippen LogP contribution in [0.4, 0.5) is 5.82 Å². The van der Waals surface area contributed by atoms with Crippen LogP contribution < -0.4 is 4.90 Å². The van der Waals surface area contributed by atoms with Gasteiger partial charge in [0.15, 0.2) is 19.3 Å². The first kappa shape index (κ1) is 16.7. The van der Waals surface area contributed by atoms with Crippen molar-refractivity contribution in [2.75, 3.05) is 18.4 Å². The van der Waals surface area contributed by atoms with Crippen molar-refractivity contribution in [2.24, 2.45) is 17.8 Å². The summed E-state index contributed by atoms with van der Waals surface area (Å²) >= 11 is 0. The fourth-order valence-electron chi connectivity index (χ4n) is 3.52. The fraction of sp³-hybridized carbons (Fsp3) is 0.812. The molecule has 1 aliphatic carbocycles. The smallest absolute Gasteiger partial charge is 0.237 e. The van der Waals surface area contributed by atoms with Crippen LogP contribution in [0.15, 0.2) is 10.6 Å². The Bertz CT molecular complexity index is 508. The molecule has 130 valence electrons. The van der Waals surface area contributed by atoms with E-state index < -0.39 is 5.79 Å². The van der Waals surface area contributed by atoms with Gasteiger partial charge in [-0.3, -0.25) is 0 Å². The minimum absolute atomic E-state index is 0.205. The Kier molecular flexibility index (Phi) is 4.91. The topological polar surface area (TPSA) is 66.2 Å². The molecule has 1 saturated carbocycles. The number of rotatable bonds is 2. The second kappa shape index (κ2) is 6.76. The molecule has 1 aliphatic heterocycles. The first-order chi connectivity index (χ1) is 11.0. The Morgan fingerprint density at radius 1 is 1.22 bits per heavy atom. The Morgan fingerprint density at radius 3 is 2.48 bits per heavy atom. The lowest BCUT2D eigenvalue weighted by Gasteiger charge is -2.45. The highest BCUT2D eigenvalue weighted by atomic mass is 17.3. The minimum Gasteiger partial charge on any atom is -0.360 e. The van der Waals surface area contributed by atoms with Gasteiger partial charge in [-0.2, -0.15) is 9.78 Å². The van der Waals surface area contributed by atoms with Crippen molar-refractivity contribution in [3.8, 4) is 0 Å². The highest BCUT2D eigenvalue weighted by Gasteiger charge is 2.50. The summed E-state index contributed by atoms with van der Waals surface area (Å²) in [5, 5.41) is 3.95. The normalized spacial score (nSPS) is 28.8. The SMILES string of the molecule is Cc1cc(N2COOC3(C[C@H](C)CC[C@H]3C(C)C)OOC2)no1. The Hall–Kier alpha value is -1.15. The molecule has 0 N–H and O–H groups in total. The first-order valence-electron chi connectivity index (χ1n) is 8.30. The number of anilines is 1. The Labute approximate surface area is 136 Å². The van der Waals surface area contributed by atoms with Crippen LogP contribution in [0.1, 0.15) is 45.8 Å². The van der Waals surface area contributed by atoms with Gasteiger partial charge < -0.3 is 9.42 Å². The van der Waals surface area contributed by atoms with E-state index in [1.165, 1.54) is 6.42 Å². The summed E-state index contributed by atoms with van der Waals surface area (Å²) in [6, 6.07) is 1.81. The predicted octanol–water partition coefficient (Wildman–Crippen LogP) is 3.40. The van der Waals surface area contributed by atoms with E-state index in [9.17, 15) is 0 Å². The number of aromatic nitrogens is 1. The average Bonchev–Trinajstić information content (AvgIpc) is 2.89. The molecule has 1 aromatic rings. The molecule has 2 fully saturated rings. The zero-order valence-corrected chi connectivity index (χ0v) is 14.3. The molecular weight excluding hydrogens is 300 g/mol. The van der Waals surface area contributed by atoms with E-state index in [-0.39, 0.29) is 19.4 Å². The Balaban J connectivity index is 1.70. The molecule has 2 heterocycles. The standard InChI is InChI=1S/C16H26N2O5/c1-11(2)14-6-5-12(3)8-16(14)22-19-9-18(10-20-23-16)15-7-13(4)21-17-15/h7,11-12,14H,5-6,8-10H2,1-4H3/t12-,14+/m1/s1. The molecule has 1 spiro atoms. The molecule has 7 heteroatoms. The van der Waals surface area contributed by atoms with E-state index in [2.05, 4.69) is 25.9 Å². The number of hydrogen-bond donors (Lipinski definition) is 0. The van der Waals surface area contributed by atoms with Crippen LogP contribution in [-0.2, 0) is 19.6 Å². The van der Waals surface area contributed by atoms with Crippen molar-refractivity contribution in [1.82, 2.24) is 5.16 Å². The number of hydrogen-bond acceptors (Lipinski definition) is 7. The van der Waals surface area contributed by atoms with Gasteiger partial charge in [0.05, 0.1) is 0 Å². The van der Waals surface area contributed by atoms with Crippen molar-refractivity contribution in [1.29, 1.82) is 0 Å². The molecule has 7 nitrogen and oxygen atoms in total. The third kappa shape index (κ3) is 3.52. The van der Waals surface area contributed by atoms with Gasteiger partial charge in [0.2, 0.25) is 5.79 Å². The predicted molar refractivity (Wildman–Crippen MR) is 81.9 cm³/mol. The van der Waals surface area contributed by atoms with Crippen molar-refractivity contribution in [3.05, 3.63) is 11.8 Å². The molecule has 1 saturated heterocycles. The second-order valence-corrected chi connectivity index (χ2v) is 7.05. The summed E-state index contributed by atoms with van der Waals surface area (Å²) in [7, 11) is 0. The summed E-state index contributed by atoms with van der Waals surface area (Å²) in [6.07, 6.45) is 2.97. The maximum atomic E-state index is 5.77. The van der Waals surface area contributed by atoms with Crippen LogP contribution in [0.25, 0.3) is 0 Å². The van der Waals surface area contributed by atoms with Crippen LogP contribution in [0.3, 0.4) is 0 Å². The molecule has 3 rings (SSSR count). The van der Waals surface area contributed by atoms with Gasteiger partial charge in [0.1, 0.15) is 5.76 Å². The van der Waals surface area contributed by atoms with E-state index in [0.717, 1.165) is 18.6 Å². The van der Waals surface area contributed by atoms with Crippen molar-refractivity contribution < 1.29 is 24.1 Å². The summed E-state index contributed by atoms with van der Waals surface area (Å²) in [4.78, 5) is 24.3. The average molecular weight is 326 g/mol. The van der Waals surface area contributed by atoms with E-state index in [0.29, 0.717) is 17.7 Å². The first-order valence-corrected chi connectivity index (χ1v) is 8.30.